The lowest BCUT2D eigenvalue weighted by Gasteiger charge is -2.14. The Bertz CT molecular complexity index is 1300. The van der Waals surface area contributed by atoms with Gasteiger partial charge in [-0.25, -0.2) is 4.79 Å². The Hall–Kier alpha value is -3.30. The first-order valence-electron chi connectivity index (χ1n) is 10.9. The molecule has 0 radical (unpaired) electrons. The molecule has 1 aliphatic heterocycles. The van der Waals surface area contributed by atoms with E-state index in [1.165, 1.54) is 4.90 Å². The number of rotatable bonds is 9. The summed E-state index contributed by atoms with van der Waals surface area (Å²) >= 11 is 4.25. The van der Waals surface area contributed by atoms with Crippen LogP contribution in [0.4, 0.5) is 4.79 Å². The number of imide groups is 1. The molecule has 9 heteroatoms. The highest BCUT2D eigenvalue weighted by molar-refractivity contribution is 9.10. The van der Waals surface area contributed by atoms with E-state index < -0.39 is 11.9 Å². The van der Waals surface area contributed by atoms with Crippen molar-refractivity contribution < 1.29 is 28.6 Å². The minimum Gasteiger partial charge on any atom is -0.491 e. The van der Waals surface area contributed by atoms with Crippen LogP contribution in [0.25, 0.3) is 16.8 Å². The fourth-order valence-electron chi connectivity index (χ4n) is 3.51. The predicted molar refractivity (Wildman–Crippen MR) is 138 cm³/mol. The summed E-state index contributed by atoms with van der Waals surface area (Å²) < 4.78 is 17.1. The van der Waals surface area contributed by atoms with Gasteiger partial charge in [0.15, 0.2) is 6.61 Å². The van der Waals surface area contributed by atoms with Crippen molar-refractivity contribution in [3.05, 3.63) is 75.6 Å². The van der Waals surface area contributed by atoms with Gasteiger partial charge in [-0.3, -0.25) is 14.5 Å². The number of carbonyl (C=O) groups excluding carboxylic acids is 3. The summed E-state index contributed by atoms with van der Waals surface area (Å²) in [5.41, 5.74) is 0.557. The van der Waals surface area contributed by atoms with Crippen LogP contribution in [0, 0.1) is 0 Å². The fraction of sp³-hybridized carbons (Fsp3) is 0.192. The van der Waals surface area contributed by atoms with Crippen molar-refractivity contribution in [1.29, 1.82) is 0 Å². The molecule has 7 nitrogen and oxygen atoms in total. The van der Waals surface area contributed by atoms with Crippen LogP contribution in [0.3, 0.4) is 0 Å². The number of benzene rings is 3. The number of esters is 1. The monoisotopic (exact) mass is 555 g/mol. The van der Waals surface area contributed by atoms with Crippen molar-refractivity contribution in [2.24, 2.45) is 0 Å². The van der Waals surface area contributed by atoms with Gasteiger partial charge in [-0.05, 0) is 54.4 Å². The average Bonchev–Trinajstić information content (AvgIpc) is 3.11. The number of thioether (sulfide) groups is 1. The maximum Gasteiger partial charge on any atom is 0.344 e. The first-order valence-corrected chi connectivity index (χ1v) is 12.5. The normalized spacial score (nSPS) is 14.6. The second-order valence-electron chi connectivity index (χ2n) is 7.43. The lowest BCUT2D eigenvalue weighted by Crippen LogP contribution is -2.32. The van der Waals surface area contributed by atoms with Crippen molar-refractivity contribution in [2.45, 2.75) is 6.92 Å². The summed E-state index contributed by atoms with van der Waals surface area (Å²) in [6.07, 6.45) is 1.59. The van der Waals surface area contributed by atoms with Gasteiger partial charge in [-0.1, -0.05) is 52.3 Å². The number of fused-ring (bicyclic) bond motifs is 1. The van der Waals surface area contributed by atoms with E-state index in [0.29, 0.717) is 17.1 Å². The highest BCUT2D eigenvalue weighted by Gasteiger charge is 2.35. The zero-order valence-corrected chi connectivity index (χ0v) is 21.3. The molecule has 0 spiro atoms. The van der Waals surface area contributed by atoms with E-state index in [9.17, 15) is 14.4 Å². The first kappa shape index (κ1) is 24.8. The molecule has 3 aromatic rings. The van der Waals surface area contributed by atoms with Crippen LogP contribution in [-0.2, 0) is 14.3 Å². The maximum absolute atomic E-state index is 13.0. The number of halogens is 1. The number of ether oxygens (including phenoxy) is 3. The molecule has 0 unspecified atom stereocenters. The Morgan fingerprint density at radius 2 is 1.83 bits per heavy atom. The summed E-state index contributed by atoms with van der Waals surface area (Å²) in [5, 5.41) is 1.65. The number of hydrogen-bond donors (Lipinski definition) is 0. The van der Waals surface area contributed by atoms with Crippen molar-refractivity contribution >= 4 is 61.7 Å². The zero-order chi connectivity index (χ0) is 24.8. The van der Waals surface area contributed by atoms with Crippen LogP contribution in [0.2, 0.25) is 0 Å². The minimum atomic E-state index is -0.493. The SMILES string of the molecule is CCOC(=O)COc1ccc(Br)cc1/C=C1\SC(=O)N(CCOc2cccc3ccccc23)C1=O. The van der Waals surface area contributed by atoms with Crippen LogP contribution in [0.5, 0.6) is 11.5 Å². The van der Waals surface area contributed by atoms with Gasteiger partial charge in [0.25, 0.3) is 11.1 Å². The third-order valence-electron chi connectivity index (χ3n) is 5.10. The standard InChI is InChI=1S/C26H22BrNO6S/c1-2-32-24(29)16-34-21-11-10-19(27)14-18(21)15-23-25(30)28(26(31)35-23)12-13-33-22-9-5-7-17-6-3-4-8-20(17)22/h3-11,14-15H,2,12-13,16H2,1H3/b23-15-. The largest absolute Gasteiger partial charge is 0.491 e. The Balaban J connectivity index is 1.44. The molecule has 4 rings (SSSR count). The van der Waals surface area contributed by atoms with E-state index in [2.05, 4.69) is 15.9 Å². The summed E-state index contributed by atoms with van der Waals surface area (Å²) in [6, 6.07) is 18.8. The lowest BCUT2D eigenvalue weighted by atomic mass is 10.1. The molecule has 0 N–H and O–H groups in total. The summed E-state index contributed by atoms with van der Waals surface area (Å²) in [7, 11) is 0. The molecular weight excluding hydrogens is 534 g/mol. The quantitative estimate of drug-likeness (QED) is 0.249. The van der Waals surface area contributed by atoms with E-state index >= 15 is 0 Å². The van der Waals surface area contributed by atoms with Crippen molar-refractivity contribution in [2.75, 3.05) is 26.4 Å². The molecule has 1 fully saturated rings. The minimum absolute atomic E-state index is 0.121. The Morgan fingerprint density at radius 1 is 1.03 bits per heavy atom. The number of amides is 2. The Kier molecular flexibility index (Phi) is 8.09. The van der Waals surface area contributed by atoms with Crippen molar-refractivity contribution in [1.82, 2.24) is 4.90 Å². The molecule has 35 heavy (non-hydrogen) atoms. The van der Waals surface area contributed by atoms with E-state index in [-0.39, 0.29) is 36.5 Å². The summed E-state index contributed by atoms with van der Waals surface area (Å²) in [4.78, 5) is 38.6. The molecule has 180 valence electrons. The molecule has 1 heterocycles. The van der Waals surface area contributed by atoms with E-state index in [4.69, 9.17) is 14.2 Å². The van der Waals surface area contributed by atoms with Crippen LogP contribution in [0.15, 0.2) is 70.0 Å². The topological polar surface area (TPSA) is 82.1 Å². The van der Waals surface area contributed by atoms with E-state index in [1.807, 2.05) is 42.5 Å². The average molecular weight is 556 g/mol. The van der Waals surface area contributed by atoms with Gasteiger partial charge < -0.3 is 14.2 Å². The van der Waals surface area contributed by atoms with Gasteiger partial charge in [0, 0.05) is 15.4 Å². The van der Waals surface area contributed by atoms with Gasteiger partial charge in [0.1, 0.15) is 18.1 Å². The molecule has 1 saturated heterocycles. The highest BCUT2D eigenvalue weighted by atomic mass is 79.9. The van der Waals surface area contributed by atoms with Gasteiger partial charge in [0.2, 0.25) is 0 Å². The molecule has 0 saturated carbocycles. The molecule has 1 aliphatic rings. The van der Waals surface area contributed by atoms with E-state index in [0.717, 1.165) is 27.0 Å². The highest BCUT2D eigenvalue weighted by Crippen LogP contribution is 2.35. The number of nitrogens with zero attached hydrogens (tertiary/aromatic N) is 1. The molecule has 0 aliphatic carbocycles. The molecule has 0 bridgehead atoms. The first-order chi connectivity index (χ1) is 17.0. The number of carbonyl (C=O) groups is 3. The van der Waals surface area contributed by atoms with Crippen LogP contribution in [0.1, 0.15) is 12.5 Å². The van der Waals surface area contributed by atoms with Gasteiger partial charge >= 0.3 is 5.97 Å². The van der Waals surface area contributed by atoms with Crippen LogP contribution < -0.4 is 9.47 Å². The molecule has 0 atom stereocenters. The van der Waals surface area contributed by atoms with Gasteiger partial charge in [0.05, 0.1) is 18.1 Å². The van der Waals surface area contributed by atoms with E-state index in [1.54, 1.807) is 31.2 Å². The van der Waals surface area contributed by atoms with Crippen molar-refractivity contribution in [3.63, 3.8) is 0 Å². The lowest BCUT2D eigenvalue weighted by molar-refractivity contribution is -0.145. The van der Waals surface area contributed by atoms with Crippen molar-refractivity contribution in [3.8, 4) is 11.5 Å². The fourth-order valence-corrected chi connectivity index (χ4v) is 4.74. The third-order valence-corrected chi connectivity index (χ3v) is 6.51. The maximum atomic E-state index is 13.0. The molecule has 3 aromatic carbocycles. The molecule has 2 amide bonds. The van der Waals surface area contributed by atoms with Crippen LogP contribution in [-0.4, -0.2) is 48.4 Å². The predicted octanol–water partition coefficient (Wildman–Crippen LogP) is 5.66. The Labute approximate surface area is 215 Å². The second-order valence-corrected chi connectivity index (χ2v) is 9.34. The smallest absolute Gasteiger partial charge is 0.344 e. The molecular formula is C26H22BrNO6S. The second kappa shape index (κ2) is 11.4. The summed E-state index contributed by atoms with van der Waals surface area (Å²) in [6.45, 7) is 2.00. The van der Waals surface area contributed by atoms with Gasteiger partial charge in [-0.2, -0.15) is 0 Å². The number of hydrogen-bond acceptors (Lipinski definition) is 7. The third kappa shape index (κ3) is 6.04. The summed E-state index contributed by atoms with van der Waals surface area (Å²) in [5.74, 6) is 0.196. The molecule has 0 aromatic heterocycles. The van der Waals surface area contributed by atoms with Gasteiger partial charge in [-0.15, -0.1) is 0 Å². The van der Waals surface area contributed by atoms with Crippen LogP contribution >= 0.6 is 27.7 Å². The Morgan fingerprint density at radius 3 is 2.66 bits per heavy atom. The zero-order valence-electron chi connectivity index (χ0n) is 18.9.